The molecule has 2 heterocycles. The van der Waals surface area contributed by atoms with Gasteiger partial charge >= 0.3 is 5.97 Å². The molecule has 0 spiro atoms. The van der Waals surface area contributed by atoms with Gasteiger partial charge in [0.1, 0.15) is 11.3 Å². The number of aromatic nitrogens is 3. The van der Waals surface area contributed by atoms with E-state index in [1.807, 2.05) is 6.07 Å². The molecule has 0 N–H and O–H groups in total. The zero-order chi connectivity index (χ0) is 16.2. The Morgan fingerprint density at radius 3 is 2.74 bits per heavy atom. The van der Waals surface area contributed by atoms with Gasteiger partial charge in [-0.25, -0.2) is 18.9 Å². The van der Waals surface area contributed by atoms with E-state index in [0.29, 0.717) is 5.56 Å². The number of carbonyl (C=O) groups is 1. The van der Waals surface area contributed by atoms with Crippen LogP contribution < -0.4 is 0 Å². The molecular formula is C17H14FN3O2. The predicted molar refractivity (Wildman–Crippen MR) is 82.7 cm³/mol. The molecule has 3 aromatic rings. The summed E-state index contributed by atoms with van der Waals surface area (Å²) in [7, 11) is 0. The lowest BCUT2D eigenvalue weighted by atomic mass is 10.1. The number of carbonyl (C=O) groups excluding carboxylic acids is 1. The Balaban J connectivity index is 2.06. The van der Waals surface area contributed by atoms with E-state index in [-0.39, 0.29) is 23.7 Å². The molecule has 0 unspecified atom stereocenters. The average molecular weight is 311 g/mol. The first-order valence-corrected chi connectivity index (χ1v) is 7.13. The van der Waals surface area contributed by atoms with Gasteiger partial charge < -0.3 is 4.74 Å². The summed E-state index contributed by atoms with van der Waals surface area (Å²) in [6.45, 7) is 1.96. The van der Waals surface area contributed by atoms with Gasteiger partial charge in [0.05, 0.1) is 12.8 Å². The zero-order valence-electron chi connectivity index (χ0n) is 12.4. The number of halogens is 1. The lowest BCUT2D eigenvalue weighted by Crippen LogP contribution is -2.11. The molecular weight excluding hydrogens is 297 g/mol. The van der Waals surface area contributed by atoms with Crippen LogP contribution in [-0.4, -0.2) is 27.3 Å². The molecule has 2 aromatic heterocycles. The van der Waals surface area contributed by atoms with Gasteiger partial charge in [0.2, 0.25) is 0 Å². The van der Waals surface area contributed by atoms with Crippen molar-refractivity contribution in [2.45, 2.75) is 6.92 Å². The number of esters is 1. The first kappa shape index (κ1) is 14.9. The first-order chi connectivity index (χ1) is 11.2. The fourth-order valence-electron chi connectivity index (χ4n) is 2.20. The lowest BCUT2D eigenvalue weighted by Gasteiger charge is -2.07. The quantitative estimate of drug-likeness (QED) is 0.694. The highest BCUT2D eigenvalue weighted by atomic mass is 19.1. The highest BCUT2D eigenvalue weighted by molar-refractivity contribution is 5.92. The SMILES string of the molecule is CCOC(=O)c1cccnc1-n1cc(F)c(-c2ccccc2)n1. The fraction of sp³-hybridized carbons (Fsp3) is 0.118. The Labute approximate surface area is 132 Å². The maximum Gasteiger partial charge on any atom is 0.341 e. The average Bonchev–Trinajstić information content (AvgIpc) is 2.97. The van der Waals surface area contributed by atoms with Gasteiger partial charge in [0.15, 0.2) is 11.6 Å². The van der Waals surface area contributed by atoms with E-state index >= 15 is 0 Å². The third-order valence-corrected chi connectivity index (χ3v) is 3.22. The Bertz CT molecular complexity index is 831. The molecule has 0 aliphatic carbocycles. The van der Waals surface area contributed by atoms with Crippen LogP contribution in [-0.2, 0) is 4.74 Å². The van der Waals surface area contributed by atoms with Crippen LogP contribution in [0.5, 0.6) is 0 Å². The Morgan fingerprint density at radius 1 is 1.22 bits per heavy atom. The molecule has 3 rings (SSSR count). The largest absolute Gasteiger partial charge is 0.462 e. The summed E-state index contributed by atoms with van der Waals surface area (Å²) >= 11 is 0. The molecule has 1 aromatic carbocycles. The van der Waals surface area contributed by atoms with Crippen molar-refractivity contribution in [3.8, 4) is 17.1 Å². The maximum atomic E-state index is 14.2. The molecule has 0 aliphatic rings. The second kappa shape index (κ2) is 6.39. The van der Waals surface area contributed by atoms with E-state index in [4.69, 9.17) is 4.74 Å². The minimum atomic E-state index is -0.521. The second-order valence-electron chi connectivity index (χ2n) is 4.73. The van der Waals surface area contributed by atoms with Crippen LogP contribution in [0.3, 0.4) is 0 Å². The molecule has 0 saturated carbocycles. The molecule has 0 amide bonds. The van der Waals surface area contributed by atoms with Crippen LogP contribution >= 0.6 is 0 Å². The highest BCUT2D eigenvalue weighted by Crippen LogP contribution is 2.22. The molecule has 0 fully saturated rings. The summed E-state index contributed by atoms with van der Waals surface area (Å²) in [6, 6.07) is 12.2. The fourth-order valence-corrected chi connectivity index (χ4v) is 2.20. The molecule has 116 valence electrons. The van der Waals surface area contributed by atoms with E-state index in [9.17, 15) is 9.18 Å². The molecule has 0 atom stereocenters. The van der Waals surface area contributed by atoms with Crippen LogP contribution in [0.25, 0.3) is 17.1 Å². The van der Waals surface area contributed by atoms with E-state index in [1.165, 1.54) is 17.1 Å². The zero-order valence-corrected chi connectivity index (χ0v) is 12.4. The number of hydrogen-bond acceptors (Lipinski definition) is 4. The van der Waals surface area contributed by atoms with Crippen LogP contribution in [0.2, 0.25) is 0 Å². The number of hydrogen-bond donors (Lipinski definition) is 0. The van der Waals surface area contributed by atoms with Crippen LogP contribution in [0.1, 0.15) is 17.3 Å². The standard InChI is InChI=1S/C17H14FN3O2/c1-2-23-17(22)13-9-6-10-19-16(13)21-11-14(18)15(20-21)12-7-4-3-5-8-12/h3-11H,2H2,1H3. The Morgan fingerprint density at radius 2 is 2.00 bits per heavy atom. The summed E-state index contributed by atoms with van der Waals surface area (Å²) < 4.78 is 20.5. The van der Waals surface area contributed by atoms with E-state index in [2.05, 4.69) is 10.1 Å². The van der Waals surface area contributed by atoms with Gasteiger partial charge in [0, 0.05) is 11.8 Å². The Hall–Kier alpha value is -3.02. The summed E-state index contributed by atoms with van der Waals surface area (Å²) in [5, 5.41) is 4.22. The van der Waals surface area contributed by atoms with Crippen LogP contribution in [0, 0.1) is 5.82 Å². The normalized spacial score (nSPS) is 10.5. The van der Waals surface area contributed by atoms with Crippen molar-refractivity contribution in [3.05, 3.63) is 66.2 Å². The molecule has 23 heavy (non-hydrogen) atoms. The second-order valence-corrected chi connectivity index (χ2v) is 4.73. The van der Waals surface area contributed by atoms with Gasteiger partial charge in [-0.15, -0.1) is 0 Å². The number of ether oxygens (including phenoxy) is 1. The van der Waals surface area contributed by atoms with Gasteiger partial charge in [-0.3, -0.25) is 0 Å². The van der Waals surface area contributed by atoms with Gasteiger partial charge in [-0.05, 0) is 19.1 Å². The van der Waals surface area contributed by atoms with E-state index in [1.54, 1.807) is 43.3 Å². The minimum Gasteiger partial charge on any atom is -0.462 e. The van der Waals surface area contributed by atoms with Crippen molar-refractivity contribution in [2.24, 2.45) is 0 Å². The van der Waals surface area contributed by atoms with E-state index < -0.39 is 11.8 Å². The van der Waals surface area contributed by atoms with Crippen molar-refractivity contribution in [1.82, 2.24) is 14.8 Å². The number of nitrogens with zero attached hydrogens (tertiary/aromatic N) is 3. The van der Waals surface area contributed by atoms with Gasteiger partial charge in [-0.2, -0.15) is 5.10 Å². The van der Waals surface area contributed by atoms with Gasteiger partial charge in [-0.1, -0.05) is 30.3 Å². The predicted octanol–water partition coefficient (Wildman–Crippen LogP) is 3.25. The molecule has 0 aliphatic heterocycles. The van der Waals surface area contributed by atoms with Crippen molar-refractivity contribution >= 4 is 5.97 Å². The summed E-state index contributed by atoms with van der Waals surface area (Å²) in [6.07, 6.45) is 2.72. The number of benzene rings is 1. The highest BCUT2D eigenvalue weighted by Gasteiger charge is 2.18. The minimum absolute atomic E-state index is 0.200. The third kappa shape index (κ3) is 2.96. The summed E-state index contributed by atoms with van der Waals surface area (Å²) in [5.41, 5.74) is 1.08. The first-order valence-electron chi connectivity index (χ1n) is 7.13. The summed E-state index contributed by atoms with van der Waals surface area (Å²) in [4.78, 5) is 16.1. The molecule has 0 bridgehead atoms. The maximum absolute atomic E-state index is 14.2. The molecule has 6 heteroatoms. The molecule has 0 saturated heterocycles. The van der Waals surface area contributed by atoms with Crippen LogP contribution in [0.15, 0.2) is 54.9 Å². The van der Waals surface area contributed by atoms with Crippen molar-refractivity contribution in [2.75, 3.05) is 6.61 Å². The lowest BCUT2D eigenvalue weighted by molar-refractivity contribution is 0.0525. The van der Waals surface area contributed by atoms with Crippen molar-refractivity contribution in [3.63, 3.8) is 0 Å². The number of rotatable bonds is 4. The van der Waals surface area contributed by atoms with Crippen molar-refractivity contribution < 1.29 is 13.9 Å². The molecule has 0 radical (unpaired) electrons. The third-order valence-electron chi connectivity index (χ3n) is 3.22. The Kier molecular flexibility index (Phi) is 4.14. The monoisotopic (exact) mass is 311 g/mol. The smallest absolute Gasteiger partial charge is 0.341 e. The number of pyridine rings is 1. The van der Waals surface area contributed by atoms with Crippen LogP contribution in [0.4, 0.5) is 4.39 Å². The topological polar surface area (TPSA) is 57.0 Å². The molecule has 5 nitrogen and oxygen atoms in total. The van der Waals surface area contributed by atoms with Gasteiger partial charge in [0.25, 0.3) is 0 Å². The van der Waals surface area contributed by atoms with Crippen molar-refractivity contribution in [1.29, 1.82) is 0 Å². The van der Waals surface area contributed by atoms with E-state index in [0.717, 1.165) is 0 Å². The summed E-state index contributed by atoms with van der Waals surface area (Å²) in [5.74, 6) is -0.781.